The monoisotopic (exact) mass is 237 g/mol. The van der Waals surface area contributed by atoms with Crippen molar-refractivity contribution in [1.29, 1.82) is 5.26 Å². The molecule has 0 radical (unpaired) electrons. The molecule has 0 spiro atoms. The van der Waals surface area contributed by atoms with Crippen LogP contribution in [0.4, 0.5) is 0 Å². The number of nitrogens with zero attached hydrogens (tertiary/aromatic N) is 2. The van der Waals surface area contributed by atoms with Gasteiger partial charge in [-0.15, -0.1) is 0 Å². The van der Waals surface area contributed by atoms with Crippen LogP contribution in [-0.2, 0) is 4.79 Å². The van der Waals surface area contributed by atoms with E-state index in [0.717, 1.165) is 38.8 Å². The summed E-state index contributed by atoms with van der Waals surface area (Å²) < 4.78 is 0. The predicted octanol–water partition coefficient (Wildman–Crippen LogP) is 1.53. The molecule has 1 fully saturated rings. The van der Waals surface area contributed by atoms with Crippen molar-refractivity contribution >= 4 is 5.91 Å². The molecule has 1 saturated heterocycles. The van der Waals surface area contributed by atoms with Crippen LogP contribution in [0.5, 0.6) is 0 Å². The third-order valence-corrected chi connectivity index (χ3v) is 3.49. The third-order valence-electron chi connectivity index (χ3n) is 3.49. The number of hydrogen-bond donors (Lipinski definition) is 1. The lowest BCUT2D eigenvalue weighted by atomic mass is 9.92. The molecule has 0 bridgehead atoms. The van der Waals surface area contributed by atoms with E-state index in [9.17, 15) is 4.79 Å². The molecule has 1 amide bonds. The van der Waals surface area contributed by atoms with Crippen LogP contribution in [0.25, 0.3) is 0 Å². The van der Waals surface area contributed by atoms with Gasteiger partial charge in [0.2, 0.25) is 5.91 Å². The van der Waals surface area contributed by atoms with Crippen molar-refractivity contribution < 1.29 is 4.79 Å². The molecule has 2 unspecified atom stereocenters. The molecule has 0 saturated carbocycles. The molecule has 1 rings (SSSR count). The largest absolute Gasteiger partial charge is 0.356 e. The van der Waals surface area contributed by atoms with E-state index >= 15 is 0 Å². The fourth-order valence-electron chi connectivity index (χ4n) is 2.24. The molecule has 1 heterocycles. The first kappa shape index (κ1) is 14.0. The predicted molar refractivity (Wildman–Crippen MR) is 67.3 cm³/mol. The summed E-state index contributed by atoms with van der Waals surface area (Å²) in [6, 6.07) is 2.60. The Bertz CT molecular complexity index is 285. The Labute approximate surface area is 104 Å². The van der Waals surface area contributed by atoms with Crippen LogP contribution in [0.15, 0.2) is 0 Å². The highest BCUT2D eigenvalue weighted by atomic mass is 16.1. The van der Waals surface area contributed by atoms with Crippen molar-refractivity contribution in [3.8, 4) is 6.07 Å². The number of piperidine rings is 1. The Kier molecular flexibility index (Phi) is 5.99. The van der Waals surface area contributed by atoms with Gasteiger partial charge in [-0.3, -0.25) is 9.69 Å². The Morgan fingerprint density at radius 2 is 2.29 bits per heavy atom. The summed E-state index contributed by atoms with van der Waals surface area (Å²) in [7, 11) is 0. The number of nitriles is 1. The first-order valence-electron chi connectivity index (χ1n) is 6.57. The number of rotatable bonds is 5. The highest BCUT2D eigenvalue weighted by Crippen LogP contribution is 2.21. The topological polar surface area (TPSA) is 56.1 Å². The first-order valence-corrected chi connectivity index (χ1v) is 6.57. The molecule has 17 heavy (non-hydrogen) atoms. The van der Waals surface area contributed by atoms with Crippen molar-refractivity contribution in [2.45, 2.75) is 45.6 Å². The van der Waals surface area contributed by atoms with Gasteiger partial charge >= 0.3 is 0 Å². The second kappa shape index (κ2) is 7.29. The van der Waals surface area contributed by atoms with E-state index in [1.165, 1.54) is 0 Å². The van der Waals surface area contributed by atoms with Gasteiger partial charge in [-0.05, 0) is 26.2 Å². The van der Waals surface area contributed by atoms with Gasteiger partial charge in [0.1, 0.15) is 0 Å². The maximum Gasteiger partial charge on any atom is 0.224 e. The molecule has 0 aromatic rings. The summed E-state index contributed by atoms with van der Waals surface area (Å²) in [6.45, 7) is 6.18. The van der Waals surface area contributed by atoms with Gasteiger partial charge in [0.15, 0.2) is 0 Å². The van der Waals surface area contributed by atoms with Gasteiger partial charge in [-0.25, -0.2) is 0 Å². The zero-order chi connectivity index (χ0) is 12.7. The summed E-state index contributed by atoms with van der Waals surface area (Å²) >= 11 is 0. The summed E-state index contributed by atoms with van der Waals surface area (Å²) in [4.78, 5) is 14.0. The van der Waals surface area contributed by atoms with Crippen molar-refractivity contribution in [2.75, 3.05) is 19.6 Å². The summed E-state index contributed by atoms with van der Waals surface area (Å²) in [5.74, 6) is 0.227. The molecular weight excluding hydrogens is 214 g/mol. The van der Waals surface area contributed by atoms with Crippen LogP contribution < -0.4 is 5.32 Å². The van der Waals surface area contributed by atoms with Crippen molar-refractivity contribution in [1.82, 2.24) is 10.2 Å². The van der Waals surface area contributed by atoms with Gasteiger partial charge in [-0.1, -0.05) is 13.3 Å². The molecule has 1 aliphatic rings. The molecule has 96 valence electrons. The minimum absolute atomic E-state index is 0.0661. The van der Waals surface area contributed by atoms with E-state index in [2.05, 4.69) is 30.1 Å². The van der Waals surface area contributed by atoms with Crippen LogP contribution in [0.2, 0.25) is 0 Å². The Morgan fingerprint density at radius 1 is 1.53 bits per heavy atom. The van der Waals surface area contributed by atoms with Gasteiger partial charge < -0.3 is 5.32 Å². The van der Waals surface area contributed by atoms with Crippen molar-refractivity contribution in [2.24, 2.45) is 5.92 Å². The molecule has 2 atom stereocenters. The fourth-order valence-corrected chi connectivity index (χ4v) is 2.24. The van der Waals surface area contributed by atoms with E-state index in [-0.39, 0.29) is 11.8 Å². The second-order valence-electron chi connectivity index (χ2n) is 4.86. The van der Waals surface area contributed by atoms with Gasteiger partial charge in [0.05, 0.1) is 18.5 Å². The number of unbranched alkanes of at least 4 members (excludes halogenated alkanes) is 1. The molecule has 1 N–H and O–H groups in total. The lowest BCUT2D eigenvalue weighted by molar-refractivity contribution is -0.127. The summed E-state index contributed by atoms with van der Waals surface area (Å²) in [5.41, 5.74) is 0. The Balaban J connectivity index is 2.39. The lowest BCUT2D eigenvalue weighted by Crippen LogP contribution is -2.47. The molecular formula is C13H23N3O. The average Bonchev–Trinajstić information content (AvgIpc) is 2.32. The standard InChI is InChI=1S/C13H23N3O/c1-3-4-8-15-13(17)12-6-5-11(2)16(10-12)9-7-14/h11-12H,3-6,8-10H2,1-2H3,(H,15,17). The minimum Gasteiger partial charge on any atom is -0.356 e. The quantitative estimate of drug-likeness (QED) is 0.582. The van der Waals surface area contributed by atoms with E-state index in [1.807, 2.05) is 0 Å². The van der Waals surface area contributed by atoms with E-state index < -0.39 is 0 Å². The molecule has 0 aromatic heterocycles. The molecule has 0 aromatic carbocycles. The van der Waals surface area contributed by atoms with Crippen molar-refractivity contribution in [3.05, 3.63) is 0 Å². The Hall–Kier alpha value is -1.08. The van der Waals surface area contributed by atoms with Gasteiger partial charge in [0, 0.05) is 19.1 Å². The van der Waals surface area contributed by atoms with Crippen LogP contribution >= 0.6 is 0 Å². The zero-order valence-corrected chi connectivity index (χ0v) is 10.9. The number of hydrogen-bond acceptors (Lipinski definition) is 3. The minimum atomic E-state index is 0.0661. The number of carbonyl (C=O) groups excluding carboxylic acids is 1. The van der Waals surface area contributed by atoms with Gasteiger partial charge in [0.25, 0.3) is 0 Å². The first-order chi connectivity index (χ1) is 8.19. The maximum absolute atomic E-state index is 11.9. The van der Waals surface area contributed by atoms with E-state index in [1.54, 1.807) is 0 Å². The van der Waals surface area contributed by atoms with Crippen LogP contribution in [-0.4, -0.2) is 36.5 Å². The average molecular weight is 237 g/mol. The Morgan fingerprint density at radius 3 is 2.94 bits per heavy atom. The van der Waals surface area contributed by atoms with Crippen molar-refractivity contribution in [3.63, 3.8) is 0 Å². The summed E-state index contributed by atoms with van der Waals surface area (Å²) in [6.07, 6.45) is 4.09. The SMILES string of the molecule is CCCCNC(=O)C1CCC(C)N(CC#N)C1. The zero-order valence-electron chi connectivity index (χ0n) is 10.9. The highest BCUT2D eigenvalue weighted by molar-refractivity contribution is 5.78. The molecule has 4 nitrogen and oxygen atoms in total. The second-order valence-corrected chi connectivity index (χ2v) is 4.86. The number of amides is 1. The number of nitrogens with one attached hydrogen (secondary N) is 1. The number of carbonyl (C=O) groups is 1. The van der Waals surface area contributed by atoms with Gasteiger partial charge in [-0.2, -0.15) is 5.26 Å². The molecule has 4 heteroatoms. The fraction of sp³-hybridized carbons (Fsp3) is 0.846. The molecule has 0 aliphatic carbocycles. The third kappa shape index (κ3) is 4.35. The smallest absolute Gasteiger partial charge is 0.224 e. The lowest BCUT2D eigenvalue weighted by Gasteiger charge is -2.35. The number of likely N-dealkylation sites (tertiary alicyclic amines) is 1. The maximum atomic E-state index is 11.9. The van der Waals surface area contributed by atoms with E-state index in [4.69, 9.17) is 5.26 Å². The van der Waals surface area contributed by atoms with Crippen LogP contribution in [0, 0.1) is 17.2 Å². The summed E-state index contributed by atoms with van der Waals surface area (Å²) in [5, 5.41) is 11.7. The van der Waals surface area contributed by atoms with E-state index in [0.29, 0.717) is 12.6 Å². The molecule has 1 aliphatic heterocycles. The normalized spacial score (nSPS) is 25.2. The highest BCUT2D eigenvalue weighted by Gasteiger charge is 2.29. The van der Waals surface area contributed by atoms with Crippen LogP contribution in [0.3, 0.4) is 0 Å². The van der Waals surface area contributed by atoms with Crippen LogP contribution in [0.1, 0.15) is 39.5 Å².